The van der Waals surface area contributed by atoms with Crippen molar-refractivity contribution in [3.63, 3.8) is 0 Å². The summed E-state index contributed by atoms with van der Waals surface area (Å²) in [4.78, 5) is 7.13. The van der Waals surface area contributed by atoms with Gasteiger partial charge in [0.15, 0.2) is 0 Å². The summed E-state index contributed by atoms with van der Waals surface area (Å²) in [5, 5.41) is 1.04. The summed E-state index contributed by atoms with van der Waals surface area (Å²) in [6.07, 6.45) is -4.51. The number of halogens is 3. The fraction of sp³-hybridized carbons (Fsp3) is 0.273. The molecule has 2 rings (SSSR count). The van der Waals surface area contributed by atoms with E-state index in [1.165, 1.54) is 11.8 Å². The molecule has 17 heavy (non-hydrogen) atoms. The first-order valence-corrected chi connectivity index (χ1v) is 5.97. The number of aromatic nitrogens is 2. The van der Waals surface area contributed by atoms with Crippen molar-refractivity contribution in [3.8, 4) is 0 Å². The van der Waals surface area contributed by atoms with Gasteiger partial charge in [0.2, 0.25) is 5.82 Å². The fourth-order valence-corrected chi connectivity index (χ4v) is 2.17. The summed E-state index contributed by atoms with van der Waals surface area (Å²) < 4.78 is 37.8. The second-order valence-corrected chi connectivity index (χ2v) is 4.55. The van der Waals surface area contributed by atoms with Crippen molar-refractivity contribution in [2.24, 2.45) is 0 Å². The van der Waals surface area contributed by atoms with Gasteiger partial charge in [-0.05, 0) is 11.8 Å². The van der Waals surface area contributed by atoms with Gasteiger partial charge >= 0.3 is 6.18 Å². The van der Waals surface area contributed by atoms with Gasteiger partial charge < -0.3 is 0 Å². The maximum atomic E-state index is 12.6. The average molecular weight is 258 g/mol. The number of para-hydroxylation sites is 1. The Labute approximate surface area is 100 Å². The first kappa shape index (κ1) is 12.2. The van der Waals surface area contributed by atoms with Crippen LogP contribution in [0.15, 0.2) is 29.3 Å². The smallest absolute Gasteiger partial charge is 0.224 e. The van der Waals surface area contributed by atoms with Gasteiger partial charge in [-0.3, -0.25) is 0 Å². The van der Waals surface area contributed by atoms with Crippen molar-refractivity contribution in [2.45, 2.75) is 18.1 Å². The van der Waals surface area contributed by atoms with E-state index in [0.29, 0.717) is 21.7 Å². The van der Waals surface area contributed by atoms with Crippen LogP contribution >= 0.6 is 11.8 Å². The Morgan fingerprint density at radius 1 is 1.18 bits per heavy atom. The predicted molar refractivity (Wildman–Crippen MR) is 60.9 cm³/mol. The Bertz CT molecular complexity index is 540. The van der Waals surface area contributed by atoms with Gasteiger partial charge in [0.25, 0.3) is 0 Å². The minimum atomic E-state index is -4.51. The third-order valence-corrected chi connectivity index (χ3v) is 2.98. The van der Waals surface area contributed by atoms with E-state index in [1.807, 2.05) is 6.92 Å². The van der Waals surface area contributed by atoms with E-state index in [1.54, 1.807) is 24.3 Å². The summed E-state index contributed by atoms with van der Waals surface area (Å²) in [6.45, 7) is 1.87. The van der Waals surface area contributed by atoms with Gasteiger partial charge in [-0.25, -0.2) is 9.97 Å². The van der Waals surface area contributed by atoms with Crippen LogP contribution in [0.5, 0.6) is 0 Å². The van der Waals surface area contributed by atoms with Crippen LogP contribution in [0.1, 0.15) is 12.7 Å². The lowest BCUT2D eigenvalue weighted by molar-refractivity contribution is -0.145. The van der Waals surface area contributed by atoms with E-state index in [2.05, 4.69) is 9.97 Å². The molecule has 0 unspecified atom stereocenters. The Hall–Kier alpha value is -1.30. The van der Waals surface area contributed by atoms with Gasteiger partial charge in [0.1, 0.15) is 5.03 Å². The second-order valence-electron chi connectivity index (χ2n) is 3.30. The van der Waals surface area contributed by atoms with Crippen molar-refractivity contribution < 1.29 is 13.2 Å². The molecule has 0 fully saturated rings. The van der Waals surface area contributed by atoms with Crippen LogP contribution in [0.3, 0.4) is 0 Å². The third-order valence-electron chi connectivity index (χ3n) is 2.10. The molecule has 1 heterocycles. The molecule has 0 amide bonds. The Morgan fingerprint density at radius 2 is 1.88 bits per heavy atom. The quantitative estimate of drug-likeness (QED) is 0.606. The molecule has 0 saturated heterocycles. The lowest BCUT2D eigenvalue weighted by Crippen LogP contribution is -2.11. The number of hydrogen-bond acceptors (Lipinski definition) is 3. The first-order valence-electron chi connectivity index (χ1n) is 4.99. The maximum Gasteiger partial charge on any atom is 0.451 e. The molecule has 0 radical (unpaired) electrons. The highest BCUT2D eigenvalue weighted by Gasteiger charge is 2.35. The van der Waals surface area contributed by atoms with Gasteiger partial charge in [0, 0.05) is 5.39 Å². The molecule has 0 aliphatic carbocycles. The van der Waals surface area contributed by atoms with Crippen LogP contribution in [-0.4, -0.2) is 15.7 Å². The van der Waals surface area contributed by atoms with Crippen molar-refractivity contribution in [1.82, 2.24) is 9.97 Å². The van der Waals surface area contributed by atoms with E-state index in [9.17, 15) is 13.2 Å². The normalized spacial score (nSPS) is 12.0. The molecule has 2 nitrogen and oxygen atoms in total. The molecule has 0 aliphatic rings. The maximum absolute atomic E-state index is 12.6. The van der Waals surface area contributed by atoms with Crippen molar-refractivity contribution in [3.05, 3.63) is 30.1 Å². The molecule has 0 aliphatic heterocycles. The number of nitrogens with zero attached hydrogens (tertiary/aromatic N) is 2. The molecular weight excluding hydrogens is 249 g/mol. The summed E-state index contributed by atoms with van der Waals surface area (Å²) >= 11 is 1.28. The van der Waals surface area contributed by atoms with Crippen LogP contribution < -0.4 is 0 Å². The monoisotopic (exact) mass is 258 g/mol. The minimum Gasteiger partial charge on any atom is -0.224 e. The van der Waals surface area contributed by atoms with E-state index < -0.39 is 12.0 Å². The second kappa shape index (κ2) is 4.52. The van der Waals surface area contributed by atoms with Crippen LogP contribution in [0.25, 0.3) is 10.9 Å². The van der Waals surface area contributed by atoms with Gasteiger partial charge in [-0.1, -0.05) is 25.1 Å². The zero-order chi connectivity index (χ0) is 12.5. The average Bonchev–Trinajstić information content (AvgIpc) is 2.28. The van der Waals surface area contributed by atoms with Crippen LogP contribution in [-0.2, 0) is 6.18 Å². The highest BCUT2D eigenvalue weighted by atomic mass is 32.2. The molecule has 2 aromatic rings. The Kier molecular flexibility index (Phi) is 3.24. The SMILES string of the molecule is CCSc1nc(C(F)(F)F)nc2ccccc12. The standard InChI is InChI=1S/C11H9F3N2S/c1-2-17-9-7-5-3-4-6-8(7)15-10(16-9)11(12,13)14/h3-6H,2H2,1H3. The van der Waals surface area contributed by atoms with Gasteiger partial charge in [-0.2, -0.15) is 13.2 Å². The van der Waals surface area contributed by atoms with E-state index in [-0.39, 0.29) is 0 Å². The molecule has 1 aromatic carbocycles. The molecule has 0 bridgehead atoms. The number of hydrogen-bond donors (Lipinski definition) is 0. The number of benzene rings is 1. The molecule has 90 valence electrons. The number of fused-ring (bicyclic) bond motifs is 1. The number of rotatable bonds is 2. The number of thioether (sulfide) groups is 1. The molecule has 0 N–H and O–H groups in total. The summed E-state index contributed by atoms with van der Waals surface area (Å²) in [7, 11) is 0. The van der Waals surface area contributed by atoms with E-state index in [0.717, 1.165) is 0 Å². The zero-order valence-corrected chi connectivity index (χ0v) is 9.77. The first-order chi connectivity index (χ1) is 8.02. The van der Waals surface area contributed by atoms with Crippen molar-refractivity contribution >= 4 is 22.7 Å². The van der Waals surface area contributed by atoms with Gasteiger partial charge in [-0.15, -0.1) is 11.8 Å². The molecule has 0 atom stereocenters. The fourth-order valence-electron chi connectivity index (χ4n) is 1.42. The molecular formula is C11H9F3N2S. The van der Waals surface area contributed by atoms with Gasteiger partial charge in [0.05, 0.1) is 5.52 Å². The number of alkyl halides is 3. The Balaban J connectivity index is 2.67. The van der Waals surface area contributed by atoms with Crippen molar-refractivity contribution in [1.29, 1.82) is 0 Å². The zero-order valence-electron chi connectivity index (χ0n) is 8.95. The molecule has 0 spiro atoms. The highest BCUT2D eigenvalue weighted by Crippen LogP contribution is 2.31. The Morgan fingerprint density at radius 3 is 2.53 bits per heavy atom. The van der Waals surface area contributed by atoms with E-state index in [4.69, 9.17) is 0 Å². The lowest BCUT2D eigenvalue weighted by atomic mass is 10.2. The molecule has 0 saturated carbocycles. The minimum absolute atomic E-state index is 0.325. The predicted octanol–water partition coefficient (Wildman–Crippen LogP) is 3.76. The lowest BCUT2D eigenvalue weighted by Gasteiger charge is -2.09. The van der Waals surface area contributed by atoms with Crippen molar-refractivity contribution in [2.75, 3.05) is 5.75 Å². The molecule has 6 heteroatoms. The summed E-state index contributed by atoms with van der Waals surface area (Å²) in [5.74, 6) is -0.412. The van der Waals surface area contributed by atoms with Crippen LogP contribution in [0, 0.1) is 0 Å². The van der Waals surface area contributed by atoms with E-state index >= 15 is 0 Å². The van der Waals surface area contributed by atoms with Crippen LogP contribution in [0.2, 0.25) is 0 Å². The summed E-state index contributed by atoms with van der Waals surface area (Å²) in [6, 6.07) is 6.72. The largest absolute Gasteiger partial charge is 0.451 e. The molecule has 1 aromatic heterocycles. The topological polar surface area (TPSA) is 25.8 Å². The highest BCUT2D eigenvalue weighted by molar-refractivity contribution is 7.99. The van der Waals surface area contributed by atoms with Crippen LogP contribution in [0.4, 0.5) is 13.2 Å². The third kappa shape index (κ3) is 2.52. The summed E-state index contributed by atoms with van der Waals surface area (Å²) in [5.41, 5.74) is 0.325.